The van der Waals surface area contributed by atoms with Crippen LogP contribution < -0.4 is 9.62 Å². The third kappa shape index (κ3) is 7.21. The van der Waals surface area contributed by atoms with E-state index >= 15 is 0 Å². The second-order valence-electron chi connectivity index (χ2n) is 8.64. The highest BCUT2D eigenvalue weighted by molar-refractivity contribution is 7.92. The van der Waals surface area contributed by atoms with Crippen LogP contribution in [-0.4, -0.2) is 50.0 Å². The zero-order valence-corrected chi connectivity index (χ0v) is 22.2. The van der Waals surface area contributed by atoms with Crippen LogP contribution in [0.3, 0.4) is 0 Å². The summed E-state index contributed by atoms with van der Waals surface area (Å²) < 4.78 is 26.4. The smallest absolute Gasteiger partial charge is 0.244 e. The van der Waals surface area contributed by atoms with Crippen LogP contribution in [0.15, 0.2) is 42.5 Å². The fourth-order valence-electron chi connectivity index (χ4n) is 3.47. The van der Waals surface area contributed by atoms with Crippen LogP contribution >= 0.6 is 11.6 Å². The molecule has 0 saturated carbocycles. The van der Waals surface area contributed by atoms with E-state index in [1.807, 2.05) is 45.0 Å². The molecule has 2 amide bonds. The summed E-state index contributed by atoms with van der Waals surface area (Å²) in [4.78, 5) is 28.0. The average molecular weight is 508 g/mol. The number of aryl methyl sites for hydroxylation is 2. The Balaban J connectivity index is 2.45. The van der Waals surface area contributed by atoms with Gasteiger partial charge in [0.1, 0.15) is 12.6 Å². The van der Waals surface area contributed by atoms with E-state index in [-0.39, 0.29) is 18.5 Å². The van der Waals surface area contributed by atoms with E-state index < -0.39 is 28.5 Å². The van der Waals surface area contributed by atoms with Gasteiger partial charge in [-0.25, -0.2) is 8.42 Å². The van der Waals surface area contributed by atoms with Gasteiger partial charge in [-0.05, 0) is 62.9 Å². The minimum absolute atomic E-state index is 0.0491. The summed E-state index contributed by atoms with van der Waals surface area (Å²) in [5.41, 5.74) is 2.84. The molecule has 0 fully saturated rings. The predicted octanol–water partition coefficient (Wildman–Crippen LogP) is 4.05. The molecule has 0 aliphatic carbocycles. The topological polar surface area (TPSA) is 86.8 Å². The molecule has 0 saturated heterocycles. The Morgan fingerprint density at radius 2 is 1.71 bits per heavy atom. The molecule has 0 aliphatic heterocycles. The van der Waals surface area contributed by atoms with E-state index in [4.69, 9.17) is 11.6 Å². The highest BCUT2D eigenvalue weighted by Gasteiger charge is 2.31. The van der Waals surface area contributed by atoms with Gasteiger partial charge in [-0.1, -0.05) is 48.9 Å². The number of anilines is 1. The van der Waals surface area contributed by atoms with Gasteiger partial charge in [0, 0.05) is 17.6 Å². The fourth-order valence-corrected chi connectivity index (χ4v) is 4.53. The first-order valence-corrected chi connectivity index (χ1v) is 13.5. The average Bonchev–Trinajstić information content (AvgIpc) is 2.77. The molecule has 2 atom stereocenters. The maximum absolute atomic E-state index is 13.6. The molecular weight excluding hydrogens is 474 g/mol. The summed E-state index contributed by atoms with van der Waals surface area (Å²) in [6.07, 6.45) is 1.80. The number of carbonyl (C=O) groups is 2. The number of amides is 2. The van der Waals surface area contributed by atoms with Crippen molar-refractivity contribution in [1.29, 1.82) is 0 Å². The van der Waals surface area contributed by atoms with Gasteiger partial charge in [-0.15, -0.1) is 0 Å². The van der Waals surface area contributed by atoms with Gasteiger partial charge in [-0.3, -0.25) is 13.9 Å². The number of hydrogen-bond acceptors (Lipinski definition) is 4. The summed E-state index contributed by atoms with van der Waals surface area (Å²) in [6.45, 7) is 8.92. The van der Waals surface area contributed by atoms with Crippen LogP contribution in [0.5, 0.6) is 0 Å². The first kappa shape index (κ1) is 27.7. The van der Waals surface area contributed by atoms with E-state index in [2.05, 4.69) is 5.32 Å². The zero-order valence-electron chi connectivity index (χ0n) is 20.6. The molecule has 2 aromatic carbocycles. The Bertz CT molecular complexity index is 1140. The molecule has 34 heavy (non-hydrogen) atoms. The van der Waals surface area contributed by atoms with E-state index in [1.165, 1.54) is 11.0 Å². The van der Waals surface area contributed by atoms with Gasteiger partial charge in [-0.2, -0.15) is 0 Å². The number of rotatable bonds is 10. The Labute approximate surface area is 208 Å². The second-order valence-corrected chi connectivity index (χ2v) is 11.0. The highest BCUT2D eigenvalue weighted by atomic mass is 35.5. The van der Waals surface area contributed by atoms with Crippen LogP contribution in [0.1, 0.15) is 43.9 Å². The first-order valence-electron chi connectivity index (χ1n) is 11.2. The van der Waals surface area contributed by atoms with Gasteiger partial charge in [0.25, 0.3) is 0 Å². The lowest BCUT2D eigenvalue weighted by molar-refractivity contribution is -0.139. The maximum atomic E-state index is 13.6. The fraction of sp³-hybridized carbons (Fsp3) is 0.440. The maximum Gasteiger partial charge on any atom is 0.244 e. The van der Waals surface area contributed by atoms with Crippen molar-refractivity contribution in [1.82, 2.24) is 10.2 Å². The van der Waals surface area contributed by atoms with Gasteiger partial charge < -0.3 is 10.2 Å². The van der Waals surface area contributed by atoms with Crippen LogP contribution in [0, 0.1) is 13.8 Å². The van der Waals surface area contributed by atoms with E-state index in [0.717, 1.165) is 28.1 Å². The molecule has 9 heteroatoms. The van der Waals surface area contributed by atoms with Crippen LogP contribution in [0.2, 0.25) is 5.02 Å². The third-order valence-corrected chi connectivity index (χ3v) is 7.25. The van der Waals surface area contributed by atoms with Crippen molar-refractivity contribution in [3.05, 3.63) is 64.2 Å². The predicted molar refractivity (Wildman–Crippen MR) is 137 cm³/mol. The molecule has 2 rings (SSSR count). The summed E-state index contributed by atoms with van der Waals surface area (Å²) >= 11 is 6.12. The molecule has 7 nitrogen and oxygen atoms in total. The van der Waals surface area contributed by atoms with Crippen molar-refractivity contribution in [3.63, 3.8) is 0 Å². The lowest BCUT2D eigenvalue weighted by atomic mass is 10.1. The largest absolute Gasteiger partial charge is 0.352 e. The van der Waals surface area contributed by atoms with Crippen molar-refractivity contribution in [2.24, 2.45) is 0 Å². The molecule has 0 spiro atoms. The van der Waals surface area contributed by atoms with Crippen molar-refractivity contribution < 1.29 is 18.0 Å². The van der Waals surface area contributed by atoms with Crippen molar-refractivity contribution in [2.75, 3.05) is 17.1 Å². The molecule has 0 aliphatic rings. The number of nitrogens with one attached hydrogen (secondary N) is 1. The minimum Gasteiger partial charge on any atom is -0.352 e. The standard InChI is InChI=1S/C25H34ClN3O4S/c1-7-19(4)27-25(31)20(5)28(15-21-11-9-8-10-17(21)2)24(30)16-29(34(6,32)33)23-14-22(26)13-12-18(23)3/h8-14,19-20H,7,15-16H2,1-6H3,(H,27,31)/t19-,20+/m0/s1. The number of sulfonamides is 1. The lowest BCUT2D eigenvalue weighted by Gasteiger charge is -2.32. The monoisotopic (exact) mass is 507 g/mol. The van der Waals surface area contributed by atoms with Crippen LogP contribution in [0.25, 0.3) is 0 Å². The number of carbonyl (C=O) groups excluding carboxylic acids is 2. The van der Waals surface area contributed by atoms with Gasteiger partial charge in [0.05, 0.1) is 11.9 Å². The van der Waals surface area contributed by atoms with Gasteiger partial charge in [0.15, 0.2) is 0 Å². The molecule has 2 aromatic rings. The third-order valence-electron chi connectivity index (χ3n) is 5.89. The second kappa shape index (κ2) is 11.7. The van der Waals surface area contributed by atoms with E-state index in [1.54, 1.807) is 26.0 Å². The molecule has 0 aromatic heterocycles. The molecule has 1 N–H and O–H groups in total. The van der Waals surface area contributed by atoms with Crippen LogP contribution in [-0.2, 0) is 26.2 Å². The summed E-state index contributed by atoms with van der Waals surface area (Å²) in [6, 6.07) is 11.6. The Morgan fingerprint density at radius 3 is 2.29 bits per heavy atom. The number of halogens is 1. The molecule has 0 unspecified atom stereocenters. The Morgan fingerprint density at radius 1 is 1.06 bits per heavy atom. The Kier molecular flexibility index (Phi) is 9.53. The quantitative estimate of drug-likeness (QED) is 0.525. The molecule has 0 heterocycles. The zero-order chi connectivity index (χ0) is 25.6. The first-order chi connectivity index (χ1) is 15.8. The molecule has 0 bridgehead atoms. The Hall–Kier alpha value is -2.58. The number of benzene rings is 2. The van der Waals surface area contributed by atoms with Gasteiger partial charge >= 0.3 is 0 Å². The molecular formula is C25H34ClN3O4S. The van der Waals surface area contributed by atoms with Crippen molar-refractivity contribution in [2.45, 2.75) is 59.7 Å². The number of hydrogen-bond donors (Lipinski definition) is 1. The lowest BCUT2D eigenvalue weighted by Crippen LogP contribution is -2.52. The summed E-state index contributed by atoms with van der Waals surface area (Å²) in [5.74, 6) is -0.777. The van der Waals surface area contributed by atoms with Crippen molar-refractivity contribution >= 4 is 39.1 Å². The van der Waals surface area contributed by atoms with E-state index in [9.17, 15) is 18.0 Å². The van der Waals surface area contributed by atoms with Crippen LogP contribution in [0.4, 0.5) is 5.69 Å². The van der Waals surface area contributed by atoms with Crippen molar-refractivity contribution in [3.8, 4) is 0 Å². The summed E-state index contributed by atoms with van der Waals surface area (Å²) in [7, 11) is -3.81. The number of nitrogens with zero attached hydrogens (tertiary/aromatic N) is 2. The molecule has 186 valence electrons. The van der Waals surface area contributed by atoms with E-state index in [0.29, 0.717) is 16.3 Å². The minimum atomic E-state index is -3.81. The normalized spacial score (nSPS) is 13.1. The highest BCUT2D eigenvalue weighted by Crippen LogP contribution is 2.27. The van der Waals surface area contributed by atoms with Gasteiger partial charge in [0.2, 0.25) is 21.8 Å². The molecule has 0 radical (unpaired) electrons. The SMILES string of the molecule is CC[C@H](C)NC(=O)[C@@H](C)N(Cc1ccccc1C)C(=O)CN(c1cc(Cl)ccc1C)S(C)(=O)=O. The summed E-state index contributed by atoms with van der Waals surface area (Å²) in [5, 5.41) is 3.28.